The minimum absolute atomic E-state index is 0.0642. The zero-order valence-corrected chi connectivity index (χ0v) is 12.6. The van der Waals surface area contributed by atoms with E-state index in [1.54, 1.807) is 30.6 Å². The first-order valence-corrected chi connectivity index (χ1v) is 7.55. The number of benzene rings is 1. The summed E-state index contributed by atoms with van der Waals surface area (Å²) in [7, 11) is 0. The molecule has 0 aliphatic heterocycles. The fraction of sp³-hybridized carbons (Fsp3) is 0.286. The number of hydrogen-bond donors (Lipinski definition) is 1. The van der Waals surface area contributed by atoms with Crippen molar-refractivity contribution < 1.29 is 9.50 Å². The molecule has 3 aromatic rings. The fourth-order valence-electron chi connectivity index (χ4n) is 2.40. The average Bonchev–Trinajstić information content (AvgIpc) is 3.20. The Bertz CT molecular complexity index is 734. The standard InChI is InChI=1S/C14H14FN5OS/c1-10(13-19-17-9-22-13)14(21,6-20-8-16-7-18-20)11-4-2-3-5-12(11)15/h2-5,7-10,21H,6H2,1H3. The van der Waals surface area contributed by atoms with Crippen LogP contribution >= 0.6 is 11.3 Å². The summed E-state index contributed by atoms with van der Waals surface area (Å²) < 4.78 is 15.8. The molecule has 0 fully saturated rings. The lowest BCUT2D eigenvalue weighted by molar-refractivity contribution is -0.0113. The van der Waals surface area contributed by atoms with E-state index in [4.69, 9.17) is 0 Å². The molecule has 0 aliphatic carbocycles. The minimum Gasteiger partial charge on any atom is -0.382 e. The van der Waals surface area contributed by atoms with Gasteiger partial charge in [-0.05, 0) is 6.07 Å². The molecule has 0 aliphatic rings. The normalized spacial score (nSPS) is 15.4. The highest BCUT2D eigenvalue weighted by Crippen LogP contribution is 2.39. The minimum atomic E-state index is -1.52. The van der Waals surface area contributed by atoms with Gasteiger partial charge in [-0.25, -0.2) is 14.1 Å². The van der Waals surface area contributed by atoms with E-state index in [0.29, 0.717) is 5.01 Å². The van der Waals surface area contributed by atoms with Gasteiger partial charge in [0, 0.05) is 11.5 Å². The molecule has 2 heterocycles. The lowest BCUT2D eigenvalue weighted by atomic mass is 9.82. The van der Waals surface area contributed by atoms with Crippen molar-refractivity contribution in [1.29, 1.82) is 0 Å². The maximum absolute atomic E-state index is 14.3. The number of nitrogens with zero attached hydrogens (tertiary/aromatic N) is 5. The Morgan fingerprint density at radius 2 is 2.23 bits per heavy atom. The van der Waals surface area contributed by atoms with Gasteiger partial charge < -0.3 is 5.11 Å². The second-order valence-electron chi connectivity index (χ2n) is 5.00. The molecule has 2 unspecified atom stereocenters. The average molecular weight is 319 g/mol. The third-order valence-corrected chi connectivity index (χ3v) is 4.55. The molecule has 0 amide bonds. The molecule has 1 N–H and O–H groups in total. The van der Waals surface area contributed by atoms with Crippen LogP contribution in [0.15, 0.2) is 42.4 Å². The van der Waals surface area contributed by atoms with Crippen LogP contribution in [0.2, 0.25) is 0 Å². The predicted molar refractivity (Wildman–Crippen MR) is 78.6 cm³/mol. The number of hydrogen-bond acceptors (Lipinski definition) is 6. The number of halogens is 1. The van der Waals surface area contributed by atoms with E-state index in [-0.39, 0.29) is 12.1 Å². The van der Waals surface area contributed by atoms with E-state index in [0.717, 1.165) is 0 Å². The first-order valence-electron chi connectivity index (χ1n) is 6.67. The molecule has 6 nitrogen and oxygen atoms in total. The second kappa shape index (κ2) is 5.90. The quantitative estimate of drug-likeness (QED) is 0.778. The van der Waals surface area contributed by atoms with Gasteiger partial charge in [0.15, 0.2) is 0 Å². The van der Waals surface area contributed by atoms with E-state index in [2.05, 4.69) is 20.3 Å². The van der Waals surface area contributed by atoms with Gasteiger partial charge in [-0.15, -0.1) is 21.5 Å². The highest BCUT2D eigenvalue weighted by atomic mass is 32.1. The Balaban J connectivity index is 2.07. The van der Waals surface area contributed by atoms with E-state index < -0.39 is 17.3 Å². The maximum Gasteiger partial charge on any atom is 0.137 e. The van der Waals surface area contributed by atoms with E-state index >= 15 is 0 Å². The lowest BCUT2D eigenvalue weighted by Gasteiger charge is -2.33. The smallest absolute Gasteiger partial charge is 0.137 e. The summed E-state index contributed by atoms with van der Waals surface area (Å²) >= 11 is 1.32. The topological polar surface area (TPSA) is 76.7 Å². The van der Waals surface area contributed by atoms with Crippen molar-refractivity contribution in [3.05, 3.63) is 58.8 Å². The molecule has 0 radical (unpaired) electrons. The molecule has 0 saturated carbocycles. The first kappa shape index (κ1) is 14.7. The Morgan fingerprint density at radius 3 is 2.86 bits per heavy atom. The molecule has 0 spiro atoms. The Labute approximate surface area is 130 Å². The fourth-order valence-corrected chi connectivity index (χ4v) is 3.10. The van der Waals surface area contributed by atoms with E-state index in [1.807, 2.05) is 0 Å². The van der Waals surface area contributed by atoms with Crippen LogP contribution in [0.1, 0.15) is 23.4 Å². The SMILES string of the molecule is CC(c1nncs1)C(O)(Cn1cncn1)c1ccccc1F. The van der Waals surface area contributed by atoms with Crippen LogP contribution < -0.4 is 0 Å². The second-order valence-corrected chi connectivity index (χ2v) is 5.86. The molecule has 3 rings (SSSR count). The highest BCUT2D eigenvalue weighted by Gasteiger charge is 2.41. The highest BCUT2D eigenvalue weighted by molar-refractivity contribution is 7.09. The predicted octanol–water partition coefficient (Wildman–Crippen LogP) is 1.96. The van der Waals surface area contributed by atoms with Gasteiger partial charge in [0.2, 0.25) is 0 Å². The van der Waals surface area contributed by atoms with Crippen molar-refractivity contribution in [3.63, 3.8) is 0 Å². The molecule has 0 saturated heterocycles. The van der Waals surface area contributed by atoms with Crippen molar-refractivity contribution in [2.75, 3.05) is 0 Å². The number of aromatic nitrogens is 5. The third kappa shape index (κ3) is 2.62. The summed E-state index contributed by atoms with van der Waals surface area (Å²) in [5, 5.41) is 23.7. The number of aliphatic hydroxyl groups is 1. The van der Waals surface area contributed by atoms with Crippen LogP contribution in [0.3, 0.4) is 0 Å². The van der Waals surface area contributed by atoms with Crippen LogP contribution in [-0.2, 0) is 12.1 Å². The van der Waals surface area contributed by atoms with Crippen molar-refractivity contribution in [1.82, 2.24) is 25.0 Å². The molecular formula is C14H14FN5OS. The molecule has 2 atom stereocenters. The largest absolute Gasteiger partial charge is 0.382 e. The Morgan fingerprint density at radius 1 is 1.41 bits per heavy atom. The van der Waals surface area contributed by atoms with E-state index in [1.165, 1.54) is 34.7 Å². The molecule has 8 heteroatoms. The van der Waals surface area contributed by atoms with Crippen LogP contribution in [0.5, 0.6) is 0 Å². The zero-order chi connectivity index (χ0) is 15.6. The van der Waals surface area contributed by atoms with Gasteiger partial charge in [0.25, 0.3) is 0 Å². The van der Waals surface area contributed by atoms with Crippen molar-refractivity contribution in [3.8, 4) is 0 Å². The number of rotatable bonds is 5. The summed E-state index contributed by atoms with van der Waals surface area (Å²) in [6.07, 6.45) is 2.86. The molecule has 2 aromatic heterocycles. The van der Waals surface area contributed by atoms with Gasteiger partial charge in [-0.2, -0.15) is 5.10 Å². The molecule has 0 bridgehead atoms. The summed E-state index contributed by atoms with van der Waals surface area (Å²) in [5.41, 5.74) is 0.273. The van der Waals surface area contributed by atoms with Gasteiger partial charge in [0.05, 0.1) is 6.54 Å². The summed E-state index contributed by atoms with van der Waals surface area (Å²) in [4.78, 5) is 3.87. The van der Waals surface area contributed by atoms with Gasteiger partial charge in [0.1, 0.15) is 34.6 Å². The summed E-state index contributed by atoms with van der Waals surface area (Å²) in [5.74, 6) is -0.928. The van der Waals surface area contributed by atoms with Crippen molar-refractivity contribution in [2.24, 2.45) is 0 Å². The Kier molecular flexibility index (Phi) is 3.95. The molecular weight excluding hydrogens is 305 g/mol. The van der Waals surface area contributed by atoms with Crippen LogP contribution in [-0.4, -0.2) is 30.1 Å². The molecule has 114 valence electrons. The molecule has 1 aromatic carbocycles. The van der Waals surface area contributed by atoms with Crippen molar-refractivity contribution in [2.45, 2.75) is 25.0 Å². The monoisotopic (exact) mass is 319 g/mol. The third-order valence-electron chi connectivity index (χ3n) is 3.67. The van der Waals surface area contributed by atoms with Crippen molar-refractivity contribution >= 4 is 11.3 Å². The van der Waals surface area contributed by atoms with Crippen LogP contribution in [0.25, 0.3) is 0 Å². The van der Waals surface area contributed by atoms with Crippen LogP contribution in [0.4, 0.5) is 4.39 Å². The maximum atomic E-state index is 14.3. The van der Waals surface area contributed by atoms with Crippen LogP contribution in [0, 0.1) is 5.82 Å². The first-order chi connectivity index (χ1) is 10.6. The van der Waals surface area contributed by atoms with Gasteiger partial charge in [-0.3, -0.25) is 0 Å². The summed E-state index contributed by atoms with van der Waals surface area (Å²) in [6.45, 7) is 1.86. The molecule has 22 heavy (non-hydrogen) atoms. The van der Waals surface area contributed by atoms with E-state index in [9.17, 15) is 9.50 Å². The van der Waals surface area contributed by atoms with Gasteiger partial charge in [-0.1, -0.05) is 25.1 Å². The zero-order valence-electron chi connectivity index (χ0n) is 11.8. The Hall–Kier alpha value is -2.19. The lowest BCUT2D eigenvalue weighted by Crippen LogP contribution is -2.38. The summed E-state index contributed by atoms with van der Waals surface area (Å²) in [6, 6.07) is 6.18. The van der Waals surface area contributed by atoms with Gasteiger partial charge >= 0.3 is 0 Å².